The van der Waals surface area contributed by atoms with Crippen molar-refractivity contribution in [3.8, 4) is 0 Å². The predicted molar refractivity (Wildman–Crippen MR) is 266 cm³/mol. The number of nitrogens with one attached hydrogen (secondary N) is 4. The van der Waals surface area contributed by atoms with Crippen molar-refractivity contribution in [3.63, 3.8) is 0 Å². The van der Waals surface area contributed by atoms with Crippen LogP contribution in [-0.2, 0) is 0 Å². The number of rotatable bonds is 8. The van der Waals surface area contributed by atoms with Crippen LogP contribution in [0.1, 0.15) is 77.3 Å². The number of aromatic carboxylic acids is 1. The fourth-order valence-electron chi connectivity index (χ4n) is 8.71. The number of amides is 4. The summed E-state index contributed by atoms with van der Waals surface area (Å²) in [6, 6.07) is 12.5. The van der Waals surface area contributed by atoms with E-state index in [0.717, 1.165) is 55.8 Å². The molecule has 6 aromatic heterocycles. The molecule has 7 N–H and O–H groups in total. The van der Waals surface area contributed by atoms with Gasteiger partial charge in [0.25, 0.3) is 0 Å². The van der Waals surface area contributed by atoms with Gasteiger partial charge in [0.15, 0.2) is 46.0 Å². The average Bonchev–Trinajstić information content (AvgIpc) is 3.91. The van der Waals surface area contributed by atoms with Gasteiger partial charge in [-0.1, -0.05) is 0 Å². The molecule has 73 heavy (non-hydrogen) atoms. The number of H-pyrrole nitrogens is 2. The first kappa shape index (κ1) is 56.1. The zero-order valence-corrected chi connectivity index (χ0v) is 43.2. The fraction of sp³-hybridized carbons (Fsp3) is 0.409. The van der Waals surface area contributed by atoms with Crippen molar-refractivity contribution in [1.29, 1.82) is 0 Å². The Morgan fingerprint density at radius 1 is 0.685 bits per heavy atom. The molecule has 4 aliphatic heterocycles. The molecule has 4 amide bonds. The zero-order chi connectivity index (χ0) is 50.8. The minimum Gasteiger partial charge on any atom is -0.197 e. The van der Waals surface area contributed by atoms with E-state index in [2.05, 4.69) is 60.8 Å². The number of aromatic amines is 2. The van der Waals surface area contributed by atoms with Gasteiger partial charge in [0.1, 0.15) is 5.69 Å². The third kappa shape index (κ3) is 13.1. The Hall–Kier alpha value is -6.21. The number of nitrogens with two attached hydrogens (primary N) is 1. The number of aromatic nitrogens is 8. The number of carboxylic acids is 1. The van der Waals surface area contributed by atoms with Gasteiger partial charge in [-0.3, -0.25) is 35.4 Å². The molecule has 0 aromatic carbocycles. The molecule has 10 heterocycles. The monoisotopic (exact) mass is 1170 g/mol. The maximum absolute atomic E-state index is 13.4. The third-order valence-electron chi connectivity index (χ3n) is 12.0. The van der Waals surface area contributed by atoms with Crippen LogP contribution in [0.25, 0.3) is 22.1 Å². The summed E-state index contributed by atoms with van der Waals surface area (Å²) < 4.78 is 76.5. The van der Waals surface area contributed by atoms with E-state index in [-0.39, 0.29) is 66.7 Å². The Kier molecular flexibility index (Phi) is 17.9. The number of halogens is 7. The molecular formula is C44H51F6IN15O5S2-. The van der Waals surface area contributed by atoms with Gasteiger partial charge in [-0.25, -0.2) is 34.3 Å². The van der Waals surface area contributed by atoms with Gasteiger partial charge in [0.05, 0.1) is 40.7 Å². The molecule has 0 saturated carbocycles. The smallest absolute Gasteiger partial charge is 0.197 e. The Bertz CT molecular complexity index is 2980. The minimum atomic E-state index is -4.43. The van der Waals surface area contributed by atoms with Crippen LogP contribution in [0, 0.1) is 13.8 Å². The number of hydrogen-bond donors (Lipinski definition) is 6. The van der Waals surface area contributed by atoms with Crippen LogP contribution >= 0.6 is 27.0 Å². The van der Waals surface area contributed by atoms with Gasteiger partial charge in [0.2, 0.25) is 0 Å². The molecule has 0 aliphatic carbocycles. The van der Waals surface area contributed by atoms with Gasteiger partial charge < -0.3 is 14.9 Å². The summed E-state index contributed by atoms with van der Waals surface area (Å²) in [5.41, 5.74) is 4.03. The number of carboxylic acid groups (broad SMARTS) is 1. The molecule has 0 unspecified atom stereocenters. The van der Waals surface area contributed by atoms with E-state index in [1.54, 1.807) is 23.1 Å². The maximum atomic E-state index is 13.4. The minimum absolute atomic E-state index is 0. The standard InChI is InChI=1S/C22H22F3N7O2.C19H19N7O3.C3H6F3IN.2H2S/c1-12-4-5-14-18(26-12)29-30-19(14)28-21(34)32-13-3-2-10-31(11-13)16-7-6-15(27-20(16)32)17(33)8-9-22(23,24)25;1-10-4-5-12-15(20-10)23-24-16(12)22-19(29)26-11-3-2-8-25(9-11)14-7-6-13(18(27)28)21-17(14)26;4-3(5,6)1-2-7-8;;/h4-7,13H,2-3,8-11H2,1H3,(H2,26,28,29,30,34);4-7,11H,2-3,8-9H2,1H3,(H,27,28)(H2,20,22,23,24,29);1-2,8H2;2*1H2/q;;-1;;/t13-;11-;;;/m00.../s1. The van der Waals surface area contributed by atoms with Crippen LogP contribution in [0.5, 0.6) is 0 Å². The molecule has 29 heteroatoms. The van der Waals surface area contributed by atoms with Crippen LogP contribution in [0.4, 0.5) is 70.6 Å². The van der Waals surface area contributed by atoms with Crippen molar-refractivity contribution in [1.82, 2.24) is 40.3 Å². The Balaban J connectivity index is 0.000000204. The number of ketones is 1. The molecule has 4 bridgehead atoms. The van der Waals surface area contributed by atoms with Crippen LogP contribution in [0.15, 0.2) is 48.5 Å². The van der Waals surface area contributed by atoms with Crippen LogP contribution in [0.3, 0.4) is 0 Å². The normalized spacial score (nSPS) is 16.7. The zero-order valence-electron chi connectivity index (χ0n) is 39.0. The summed E-state index contributed by atoms with van der Waals surface area (Å²) in [4.78, 5) is 75.2. The van der Waals surface area contributed by atoms with Crippen LogP contribution in [0.2, 0.25) is 0 Å². The van der Waals surface area contributed by atoms with Crippen LogP contribution in [-0.4, -0.2) is 124 Å². The van der Waals surface area contributed by atoms with E-state index in [4.69, 9.17) is 3.95 Å². The summed E-state index contributed by atoms with van der Waals surface area (Å²) in [7, 11) is 0. The Morgan fingerprint density at radius 3 is 1.56 bits per heavy atom. The van der Waals surface area contributed by atoms with E-state index in [0.29, 0.717) is 58.3 Å². The number of alkyl halides is 7. The first-order valence-electron chi connectivity index (χ1n) is 22.3. The summed E-state index contributed by atoms with van der Waals surface area (Å²) in [5.74, 6) is -0.520. The third-order valence-corrected chi connectivity index (χ3v) is 13.2. The average molecular weight is 1180 g/mol. The molecule has 20 nitrogen and oxygen atoms in total. The number of anilines is 6. The molecule has 2 fully saturated rings. The molecule has 6 aromatic rings. The molecule has 394 valence electrons. The number of urea groups is 2. The number of carbonyl (C=O) groups excluding carboxylic acids is 3. The maximum Gasteiger partial charge on any atom is -0.197 e. The Labute approximate surface area is 437 Å². The number of Topliss-reactive ketones (excluding diaryl/α,β-unsaturated/α-hetero) is 1. The van der Waals surface area contributed by atoms with Gasteiger partial charge >= 0.3 is 79.8 Å². The van der Waals surface area contributed by atoms with E-state index >= 15 is 0 Å². The second-order valence-electron chi connectivity index (χ2n) is 17.1. The molecule has 2 atom stereocenters. The van der Waals surface area contributed by atoms with Crippen molar-refractivity contribution >= 4 is 108 Å². The van der Waals surface area contributed by atoms with Crippen molar-refractivity contribution in [2.45, 2.75) is 83.2 Å². The molecular weight excluding hydrogens is 1120 g/mol. The van der Waals surface area contributed by atoms with Crippen molar-refractivity contribution in [2.24, 2.45) is 3.95 Å². The van der Waals surface area contributed by atoms with E-state index in [1.165, 1.54) is 17.0 Å². The topological polar surface area (TPSA) is 260 Å². The second-order valence-corrected chi connectivity index (χ2v) is 19.0. The number of carbonyl (C=O) groups is 4. The summed E-state index contributed by atoms with van der Waals surface area (Å²) in [5, 5.41) is 30.3. The van der Waals surface area contributed by atoms with Gasteiger partial charge in [-0.2, -0.15) is 50.4 Å². The molecule has 4 aliphatic rings. The number of nitrogens with zero attached hydrogens (tertiary/aromatic N) is 10. The van der Waals surface area contributed by atoms with Crippen molar-refractivity contribution in [2.75, 3.05) is 60.8 Å². The largest absolute Gasteiger partial charge is 0.197 e. The number of aryl methyl sites for hydroxylation is 2. The quantitative estimate of drug-likeness (QED) is 0.0397. The SMILES string of the molecule is Cc1ccc2c(NC(=O)N3c4nc(C(=O)CCC(F)(F)F)ccc4N4CCC[C@H]3C4)n[nH]c2n1.Cc1ccc2c(NC(=O)N3c4nc(C(=O)O)ccc4N4CCC[C@H]3C4)n[nH]c2n1.N[I-]CCC(F)(F)F.S.S. The number of pyridine rings is 4. The first-order valence-corrected chi connectivity index (χ1v) is 25.1. The number of fused-ring (bicyclic) bond motifs is 10. The number of piperidine rings is 2. The van der Waals surface area contributed by atoms with Crippen molar-refractivity contribution < 1.29 is 72.1 Å². The van der Waals surface area contributed by atoms with Gasteiger partial charge in [-0.15, -0.1) is 0 Å². The summed E-state index contributed by atoms with van der Waals surface area (Å²) >= 11 is -0.679. The Morgan fingerprint density at radius 2 is 1.14 bits per heavy atom. The van der Waals surface area contributed by atoms with Gasteiger partial charge in [0, 0.05) is 44.0 Å². The second kappa shape index (κ2) is 23.3. The number of hydrogen-bond acceptors (Lipinski definition) is 13. The fourth-order valence-corrected chi connectivity index (χ4v) is 9.63. The van der Waals surface area contributed by atoms with Crippen LogP contribution < -0.4 is 55.7 Å². The first-order chi connectivity index (χ1) is 33.8. The van der Waals surface area contributed by atoms with Crippen molar-refractivity contribution in [3.05, 3.63) is 71.3 Å². The molecule has 0 spiro atoms. The summed E-state index contributed by atoms with van der Waals surface area (Å²) in [6.45, 7) is 6.65. The predicted octanol–water partition coefficient (Wildman–Crippen LogP) is 4.71. The van der Waals surface area contributed by atoms with E-state index in [9.17, 15) is 50.6 Å². The molecule has 2 saturated heterocycles. The van der Waals surface area contributed by atoms with Gasteiger partial charge in [-0.05, 0) is 88.1 Å². The molecule has 10 rings (SSSR count). The van der Waals surface area contributed by atoms with E-state index < -0.39 is 70.9 Å². The molecule has 0 radical (unpaired) electrons. The summed E-state index contributed by atoms with van der Waals surface area (Å²) in [6.07, 6.45) is -7.68. The van der Waals surface area contributed by atoms with E-state index in [1.807, 2.05) is 32.0 Å².